The molecule has 0 aliphatic carbocycles. The van der Waals surface area contributed by atoms with E-state index in [9.17, 15) is 8.42 Å². The van der Waals surface area contributed by atoms with E-state index in [1.165, 1.54) is 4.31 Å². The molecule has 16 heavy (non-hydrogen) atoms. The Morgan fingerprint density at radius 3 is 2.31 bits per heavy atom. The van der Waals surface area contributed by atoms with Gasteiger partial charge in [-0.15, -0.1) is 0 Å². The first-order chi connectivity index (χ1) is 7.25. The van der Waals surface area contributed by atoms with Gasteiger partial charge >= 0.3 is 0 Å². The molecule has 0 unspecified atom stereocenters. The summed E-state index contributed by atoms with van der Waals surface area (Å²) in [6.07, 6.45) is 2.01. The lowest BCUT2D eigenvalue weighted by Gasteiger charge is -2.42. The zero-order valence-corrected chi connectivity index (χ0v) is 11.0. The molecule has 0 amide bonds. The number of hydrogen-bond donors (Lipinski definition) is 1. The molecule has 0 aromatic heterocycles. The Balaban J connectivity index is 2.12. The average Bonchev–Trinajstić information content (AvgIpc) is 2.74. The van der Waals surface area contributed by atoms with Crippen molar-refractivity contribution in [3.8, 4) is 0 Å². The van der Waals surface area contributed by atoms with Gasteiger partial charge in [-0.3, -0.25) is 4.90 Å². The van der Waals surface area contributed by atoms with Crippen molar-refractivity contribution >= 4 is 10.2 Å². The molecule has 6 heteroatoms. The van der Waals surface area contributed by atoms with Gasteiger partial charge in [0.1, 0.15) is 0 Å². The minimum atomic E-state index is -3.50. The van der Waals surface area contributed by atoms with Gasteiger partial charge in [-0.25, -0.2) is 5.14 Å². The van der Waals surface area contributed by atoms with E-state index in [0.29, 0.717) is 12.6 Å². The van der Waals surface area contributed by atoms with Crippen LogP contribution in [0.15, 0.2) is 0 Å². The van der Waals surface area contributed by atoms with Gasteiger partial charge in [-0.05, 0) is 26.7 Å². The van der Waals surface area contributed by atoms with Crippen LogP contribution in [0, 0.1) is 0 Å². The third-order valence-corrected chi connectivity index (χ3v) is 5.26. The fraction of sp³-hybridized carbons (Fsp3) is 1.00. The molecule has 2 aliphatic rings. The van der Waals surface area contributed by atoms with Gasteiger partial charge in [0, 0.05) is 30.7 Å². The van der Waals surface area contributed by atoms with E-state index < -0.39 is 10.2 Å². The summed E-state index contributed by atoms with van der Waals surface area (Å²) in [5.41, 5.74) is 0.157. The van der Waals surface area contributed by atoms with Crippen LogP contribution in [-0.4, -0.2) is 48.3 Å². The van der Waals surface area contributed by atoms with E-state index >= 15 is 0 Å². The molecular formula is C10H21N3O2S. The van der Waals surface area contributed by atoms with Gasteiger partial charge < -0.3 is 0 Å². The molecule has 2 heterocycles. The third-order valence-electron chi connectivity index (χ3n) is 4.16. The molecule has 0 radical (unpaired) electrons. The molecule has 2 atom stereocenters. The van der Waals surface area contributed by atoms with Crippen molar-refractivity contribution in [2.75, 3.05) is 13.1 Å². The highest BCUT2D eigenvalue weighted by atomic mass is 32.2. The SMILES string of the molecule is CCC(C)(C)N1C[C@@H]2C[C@H]1CN2S(N)(=O)=O. The van der Waals surface area contributed by atoms with E-state index in [1.54, 1.807) is 0 Å². The minimum Gasteiger partial charge on any atom is -0.292 e. The molecule has 0 aromatic rings. The fourth-order valence-electron chi connectivity index (χ4n) is 2.89. The highest BCUT2D eigenvalue weighted by Crippen LogP contribution is 2.37. The van der Waals surface area contributed by atoms with Crippen molar-refractivity contribution < 1.29 is 8.42 Å². The van der Waals surface area contributed by atoms with Crippen molar-refractivity contribution in [1.29, 1.82) is 0 Å². The molecule has 2 bridgehead atoms. The van der Waals surface area contributed by atoms with E-state index in [-0.39, 0.29) is 11.6 Å². The Hall–Kier alpha value is -0.170. The summed E-state index contributed by atoms with van der Waals surface area (Å²) in [5.74, 6) is 0. The summed E-state index contributed by atoms with van der Waals surface area (Å²) in [5, 5.41) is 5.19. The highest BCUT2D eigenvalue weighted by Gasteiger charge is 2.50. The number of piperazine rings is 1. The van der Waals surface area contributed by atoms with Crippen molar-refractivity contribution in [1.82, 2.24) is 9.21 Å². The molecule has 0 spiro atoms. The van der Waals surface area contributed by atoms with Crippen LogP contribution in [-0.2, 0) is 10.2 Å². The van der Waals surface area contributed by atoms with Crippen molar-refractivity contribution in [2.45, 2.75) is 51.2 Å². The molecule has 2 rings (SSSR count). The Morgan fingerprint density at radius 2 is 1.94 bits per heavy atom. The van der Waals surface area contributed by atoms with E-state index in [2.05, 4.69) is 25.7 Å². The average molecular weight is 247 g/mol. The number of nitrogens with two attached hydrogens (primary N) is 1. The van der Waals surface area contributed by atoms with E-state index in [1.807, 2.05) is 0 Å². The first-order valence-corrected chi connectivity index (χ1v) is 7.32. The van der Waals surface area contributed by atoms with Crippen LogP contribution in [0.4, 0.5) is 0 Å². The van der Waals surface area contributed by atoms with Gasteiger partial charge in [0.15, 0.2) is 0 Å². The second kappa shape index (κ2) is 3.66. The summed E-state index contributed by atoms with van der Waals surface area (Å²) in [6, 6.07) is 0.434. The van der Waals surface area contributed by atoms with Crippen molar-refractivity contribution in [3.05, 3.63) is 0 Å². The monoisotopic (exact) mass is 247 g/mol. The third kappa shape index (κ3) is 1.88. The zero-order valence-electron chi connectivity index (χ0n) is 10.2. The van der Waals surface area contributed by atoms with Gasteiger partial charge in [-0.2, -0.15) is 12.7 Å². The molecule has 94 valence electrons. The quantitative estimate of drug-likeness (QED) is 0.771. The number of nitrogens with zero attached hydrogens (tertiary/aromatic N) is 2. The number of fused-ring (bicyclic) bond motifs is 2. The predicted octanol–water partition coefficient (Wildman–Crippen LogP) is 0.137. The molecule has 5 nitrogen and oxygen atoms in total. The van der Waals surface area contributed by atoms with Crippen LogP contribution < -0.4 is 5.14 Å². The van der Waals surface area contributed by atoms with E-state index in [4.69, 9.17) is 5.14 Å². The lowest BCUT2D eigenvalue weighted by atomic mass is 9.98. The van der Waals surface area contributed by atoms with Crippen molar-refractivity contribution in [2.24, 2.45) is 5.14 Å². The molecule has 2 aliphatic heterocycles. The van der Waals surface area contributed by atoms with Crippen LogP contribution in [0.25, 0.3) is 0 Å². The molecular weight excluding hydrogens is 226 g/mol. The maximum Gasteiger partial charge on any atom is 0.277 e. The van der Waals surface area contributed by atoms with Crippen LogP contribution >= 0.6 is 0 Å². The largest absolute Gasteiger partial charge is 0.292 e. The van der Waals surface area contributed by atoms with Crippen LogP contribution in [0.5, 0.6) is 0 Å². The first kappa shape index (κ1) is 12.3. The summed E-state index contributed by atoms with van der Waals surface area (Å²) in [7, 11) is -3.50. The molecule has 2 saturated heterocycles. The lowest BCUT2D eigenvalue weighted by molar-refractivity contribution is 0.0681. The lowest BCUT2D eigenvalue weighted by Crippen LogP contribution is -2.56. The second-order valence-corrected chi connectivity index (χ2v) is 6.98. The van der Waals surface area contributed by atoms with Gasteiger partial charge in [-0.1, -0.05) is 6.92 Å². The zero-order chi connectivity index (χ0) is 12.1. The Labute approximate surface area is 97.8 Å². The predicted molar refractivity (Wildman–Crippen MR) is 63.1 cm³/mol. The second-order valence-electron chi connectivity index (χ2n) is 5.48. The molecule has 2 N–H and O–H groups in total. The number of hydrogen-bond acceptors (Lipinski definition) is 3. The molecule has 2 fully saturated rings. The smallest absolute Gasteiger partial charge is 0.277 e. The van der Waals surface area contributed by atoms with Gasteiger partial charge in [0.05, 0.1) is 0 Å². The number of rotatable bonds is 3. The van der Waals surface area contributed by atoms with Crippen molar-refractivity contribution in [3.63, 3.8) is 0 Å². The minimum absolute atomic E-state index is 0.0887. The van der Waals surface area contributed by atoms with Gasteiger partial charge in [0.25, 0.3) is 10.2 Å². The fourth-order valence-corrected chi connectivity index (χ4v) is 3.83. The maximum atomic E-state index is 11.3. The standard InChI is InChI=1S/C10H21N3O2S/c1-4-10(2,3)12-6-9-5-8(12)7-13(9)16(11,14)15/h8-9H,4-7H2,1-3H3,(H2,11,14,15)/t8-,9-/m0/s1. The highest BCUT2D eigenvalue weighted by molar-refractivity contribution is 7.86. The Bertz CT molecular complexity index is 380. The molecule has 0 aromatic carbocycles. The van der Waals surface area contributed by atoms with Gasteiger partial charge in [0.2, 0.25) is 0 Å². The topological polar surface area (TPSA) is 66.6 Å². The summed E-state index contributed by atoms with van der Waals surface area (Å²) >= 11 is 0. The summed E-state index contributed by atoms with van der Waals surface area (Å²) in [4.78, 5) is 2.43. The van der Waals surface area contributed by atoms with E-state index in [0.717, 1.165) is 19.4 Å². The molecule has 0 saturated carbocycles. The number of likely N-dealkylation sites (tertiary alicyclic amines) is 1. The van der Waals surface area contributed by atoms with Crippen LogP contribution in [0.3, 0.4) is 0 Å². The normalized spacial score (nSPS) is 32.5. The Kier molecular flexibility index (Phi) is 2.81. The summed E-state index contributed by atoms with van der Waals surface area (Å²) in [6.45, 7) is 7.99. The van der Waals surface area contributed by atoms with Crippen LogP contribution in [0.1, 0.15) is 33.6 Å². The maximum absolute atomic E-state index is 11.3. The Morgan fingerprint density at radius 1 is 1.31 bits per heavy atom. The summed E-state index contributed by atoms with van der Waals surface area (Å²) < 4.78 is 24.1. The van der Waals surface area contributed by atoms with Crippen LogP contribution in [0.2, 0.25) is 0 Å². The first-order valence-electron chi connectivity index (χ1n) is 5.82.